The van der Waals surface area contributed by atoms with E-state index in [4.69, 9.17) is 0 Å². The van der Waals surface area contributed by atoms with Gasteiger partial charge in [-0.2, -0.15) is 0 Å². The average Bonchev–Trinajstić information content (AvgIpc) is 2.95. The Morgan fingerprint density at radius 3 is 2.33 bits per heavy atom. The number of aryl methyl sites for hydroxylation is 1. The fourth-order valence-corrected chi connectivity index (χ4v) is 3.99. The van der Waals surface area contributed by atoms with Gasteiger partial charge < -0.3 is 19.8 Å². The molecule has 0 spiro atoms. The maximum atomic E-state index is 9.73. The molecule has 0 aliphatic carbocycles. The van der Waals surface area contributed by atoms with Gasteiger partial charge in [-0.15, -0.1) is 0 Å². The molecule has 2 aliphatic rings. The summed E-state index contributed by atoms with van der Waals surface area (Å²) in [5.74, 6) is 1.97. The number of pyridine rings is 1. The number of nitrogens with zero attached hydrogens (tertiary/aromatic N) is 6. The molecule has 1 N–H and O–H groups in total. The number of hydrogen-bond acceptors (Lipinski definition) is 7. The lowest BCUT2D eigenvalue weighted by Gasteiger charge is -2.31. The van der Waals surface area contributed by atoms with Crippen LogP contribution in [0.15, 0.2) is 30.9 Å². The topological polar surface area (TPSA) is 68.6 Å². The van der Waals surface area contributed by atoms with E-state index in [1.54, 1.807) is 6.33 Å². The fourth-order valence-electron chi connectivity index (χ4n) is 3.99. The molecule has 4 rings (SSSR count). The highest BCUT2D eigenvalue weighted by Crippen LogP contribution is 2.24. The van der Waals surface area contributed by atoms with Crippen molar-refractivity contribution in [2.75, 3.05) is 54.0 Å². The molecule has 7 nitrogen and oxygen atoms in total. The molecule has 4 heterocycles. The van der Waals surface area contributed by atoms with E-state index in [0.717, 1.165) is 70.2 Å². The van der Waals surface area contributed by atoms with Gasteiger partial charge in [0.2, 0.25) is 0 Å². The van der Waals surface area contributed by atoms with Crippen LogP contribution in [0.4, 0.5) is 17.3 Å². The summed E-state index contributed by atoms with van der Waals surface area (Å²) in [5, 5.41) is 9.73. The average molecular weight is 368 g/mol. The van der Waals surface area contributed by atoms with E-state index in [1.165, 1.54) is 11.3 Å². The Morgan fingerprint density at radius 1 is 0.926 bits per heavy atom. The van der Waals surface area contributed by atoms with Gasteiger partial charge in [-0.25, -0.2) is 9.97 Å². The van der Waals surface area contributed by atoms with Crippen LogP contribution in [-0.4, -0.2) is 65.4 Å². The molecule has 2 aromatic rings. The molecule has 0 bridgehead atoms. The maximum Gasteiger partial charge on any atom is 0.134 e. The first-order valence-electron chi connectivity index (χ1n) is 9.86. The minimum atomic E-state index is -0.171. The summed E-state index contributed by atoms with van der Waals surface area (Å²) in [7, 11) is 0. The number of aliphatic hydroxyl groups excluding tert-OH is 1. The molecule has 2 fully saturated rings. The third-order valence-electron chi connectivity index (χ3n) is 5.58. The predicted octanol–water partition coefficient (Wildman–Crippen LogP) is 1.86. The van der Waals surface area contributed by atoms with Crippen molar-refractivity contribution >= 4 is 17.3 Å². The lowest BCUT2D eigenvalue weighted by molar-refractivity contribution is 0.145. The van der Waals surface area contributed by atoms with Crippen LogP contribution in [0.2, 0.25) is 0 Å². The monoisotopic (exact) mass is 368 g/mol. The number of rotatable bonds is 3. The zero-order chi connectivity index (χ0) is 18.6. The van der Waals surface area contributed by atoms with Crippen LogP contribution in [-0.2, 0) is 0 Å². The van der Waals surface area contributed by atoms with Crippen molar-refractivity contribution in [3.63, 3.8) is 0 Å². The van der Waals surface area contributed by atoms with E-state index in [-0.39, 0.29) is 6.10 Å². The number of aliphatic hydroxyl groups is 1. The van der Waals surface area contributed by atoms with Crippen molar-refractivity contribution in [1.29, 1.82) is 0 Å². The van der Waals surface area contributed by atoms with Gasteiger partial charge in [-0.05, 0) is 37.8 Å². The lowest BCUT2D eigenvalue weighted by Crippen LogP contribution is -2.36. The van der Waals surface area contributed by atoms with Gasteiger partial charge in [-0.3, -0.25) is 4.98 Å². The summed E-state index contributed by atoms with van der Waals surface area (Å²) in [6.45, 7) is 7.78. The van der Waals surface area contributed by atoms with E-state index in [1.807, 2.05) is 12.4 Å². The van der Waals surface area contributed by atoms with Crippen LogP contribution < -0.4 is 14.7 Å². The van der Waals surface area contributed by atoms with Gasteiger partial charge in [-0.1, -0.05) is 0 Å². The molecular weight excluding hydrogens is 340 g/mol. The van der Waals surface area contributed by atoms with Crippen molar-refractivity contribution in [3.8, 4) is 0 Å². The van der Waals surface area contributed by atoms with Crippen LogP contribution in [0.3, 0.4) is 0 Å². The largest absolute Gasteiger partial charge is 0.393 e. The quantitative estimate of drug-likeness (QED) is 0.887. The van der Waals surface area contributed by atoms with Gasteiger partial charge in [0.1, 0.15) is 18.0 Å². The van der Waals surface area contributed by atoms with Crippen LogP contribution in [0, 0.1) is 6.92 Å². The van der Waals surface area contributed by atoms with Gasteiger partial charge in [0.25, 0.3) is 0 Å². The lowest BCUT2D eigenvalue weighted by atomic mass is 10.1. The molecule has 0 amide bonds. The van der Waals surface area contributed by atoms with Crippen molar-refractivity contribution in [3.05, 3.63) is 36.4 Å². The molecule has 0 aromatic carbocycles. The Kier molecular flexibility index (Phi) is 5.38. The molecule has 0 saturated carbocycles. The number of hydrogen-bond donors (Lipinski definition) is 1. The minimum Gasteiger partial charge on any atom is -0.393 e. The summed E-state index contributed by atoms with van der Waals surface area (Å²) in [6.07, 6.45) is 8.02. The molecule has 2 saturated heterocycles. The highest BCUT2D eigenvalue weighted by molar-refractivity contribution is 5.54. The van der Waals surface area contributed by atoms with Crippen LogP contribution >= 0.6 is 0 Å². The smallest absolute Gasteiger partial charge is 0.134 e. The molecule has 27 heavy (non-hydrogen) atoms. The van der Waals surface area contributed by atoms with E-state index in [0.29, 0.717) is 0 Å². The van der Waals surface area contributed by atoms with Crippen LogP contribution in [0.5, 0.6) is 0 Å². The SMILES string of the molecule is Cc1cnccc1N1CCCN(c2cc(N3CCC(O)CC3)ncn2)CC1. The van der Waals surface area contributed by atoms with E-state index in [2.05, 4.69) is 48.7 Å². The molecular formula is C20H28N6O. The molecule has 2 aliphatic heterocycles. The van der Waals surface area contributed by atoms with Crippen LogP contribution in [0.1, 0.15) is 24.8 Å². The Balaban J connectivity index is 1.45. The predicted molar refractivity (Wildman–Crippen MR) is 108 cm³/mol. The molecule has 0 unspecified atom stereocenters. The third kappa shape index (κ3) is 4.13. The first kappa shape index (κ1) is 18.0. The fraction of sp³-hybridized carbons (Fsp3) is 0.550. The van der Waals surface area contributed by atoms with Gasteiger partial charge in [0.05, 0.1) is 6.10 Å². The second-order valence-corrected chi connectivity index (χ2v) is 7.44. The molecule has 144 valence electrons. The summed E-state index contributed by atoms with van der Waals surface area (Å²) < 4.78 is 0. The van der Waals surface area contributed by atoms with Gasteiger partial charge in [0.15, 0.2) is 0 Å². The van der Waals surface area contributed by atoms with Crippen molar-refractivity contribution < 1.29 is 5.11 Å². The summed E-state index contributed by atoms with van der Waals surface area (Å²) >= 11 is 0. The second-order valence-electron chi connectivity index (χ2n) is 7.44. The molecule has 0 radical (unpaired) electrons. The molecule has 0 atom stereocenters. The van der Waals surface area contributed by atoms with E-state index < -0.39 is 0 Å². The normalized spacial score (nSPS) is 19.3. The van der Waals surface area contributed by atoms with Crippen LogP contribution in [0.25, 0.3) is 0 Å². The standard InChI is InChI=1S/C20H28N6O/c1-16-14-21-6-3-18(16)24-7-2-8-25(12-11-24)19-13-20(23-15-22-19)26-9-4-17(27)5-10-26/h3,6,13-15,17,27H,2,4-5,7-12H2,1H3. The van der Waals surface area contributed by atoms with Gasteiger partial charge >= 0.3 is 0 Å². The Bertz CT molecular complexity index is 762. The highest BCUT2D eigenvalue weighted by Gasteiger charge is 2.21. The second kappa shape index (κ2) is 8.08. The minimum absolute atomic E-state index is 0.171. The Labute approximate surface area is 160 Å². The van der Waals surface area contributed by atoms with Crippen molar-refractivity contribution in [2.24, 2.45) is 0 Å². The summed E-state index contributed by atoms with van der Waals surface area (Å²) in [4.78, 5) is 20.3. The first-order valence-corrected chi connectivity index (χ1v) is 9.86. The van der Waals surface area contributed by atoms with E-state index >= 15 is 0 Å². The van der Waals surface area contributed by atoms with Gasteiger partial charge in [0, 0.05) is 63.4 Å². The molecule has 2 aromatic heterocycles. The first-order chi connectivity index (χ1) is 13.2. The third-order valence-corrected chi connectivity index (χ3v) is 5.58. The Hall–Kier alpha value is -2.41. The highest BCUT2D eigenvalue weighted by atomic mass is 16.3. The number of aromatic nitrogens is 3. The number of piperidine rings is 1. The maximum absolute atomic E-state index is 9.73. The van der Waals surface area contributed by atoms with E-state index in [9.17, 15) is 5.11 Å². The zero-order valence-corrected chi connectivity index (χ0v) is 16.0. The summed E-state index contributed by atoms with van der Waals surface area (Å²) in [6, 6.07) is 4.21. The molecule has 7 heteroatoms. The summed E-state index contributed by atoms with van der Waals surface area (Å²) in [5.41, 5.74) is 2.50. The zero-order valence-electron chi connectivity index (χ0n) is 16.0. The van der Waals surface area contributed by atoms with Crippen molar-refractivity contribution in [2.45, 2.75) is 32.3 Å². The van der Waals surface area contributed by atoms with Crippen molar-refractivity contribution in [1.82, 2.24) is 15.0 Å². The Morgan fingerprint density at radius 2 is 1.59 bits per heavy atom. The number of anilines is 3.